The van der Waals surface area contributed by atoms with E-state index in [-0.39, 0.29) is 12.2 Å². The van der Waals surface area contributed by atoms with Crippen molar-refractivity contribution in [2.24, 2.45) is 5.11 Å². The van der Waals surface area contributed by atoms with Crippen molar-refractivity contribution in [1.82, 2.24) is 5.53 Å². The lowest BCUT2D eigenvalue weighted by Crippen LogP contribution is -2.39. The molecule has 2 aromatic rings. The molecule has 0 bridgehead atoms. The predicted octanol–water partition coefficient (Wildman–Crippen LogP) is 4.88. The second-order valence-corrected chi connectivity index (χ2v) is 6.37. The van der Waals surface area contributed by atoms with Gasteiger partial charge in [0.1, 0.15) is 5.75 Å². The zero-order valence-electron chi connectivity index (χ0n) is 15.8. The van der Waals surface area contributed by atoms with E-state index in [2.05, 4.69) is 20.3 Å². The molecule has 0 saturated heterocycles. The molecule has 1 aliphatic rings. The summed E-state index contributed by atoms with van der Waals surface area (Å²) in [6, 6.07) is 11.1. The predicted molar refractivity (Wildman–Crippen MR) is 104 cm³/mol. The maximum absolute atomic E-state index is 12.3. The molecule has 0 aromatic heterocycles. The van der Waals surface area contributed by atoms with Crippen LogP contribution in [0, 0.1) is 6.92 Å². The van der Waals surface area contributed by atoms with Gasteiger partial charge in [-0.25, -0.2) is 0 Å². The van der Waals surface area contributed by atoms with Crippen molar-refractivity contribution in [2.75, 3.05) is 10.0 Å². The Morgan fingerprint density at radius 2 is 1.77 bits per heavy atom. The maximum atomic E-state index is 12.3. The molecular weight excluding hydrogens is 401 g/mol. The summed E-state index contributed by atoms with van der Waals surface area (Å²) in [5, 5.41) is 6.43. The molecule has 1 heterocycles. The molecule has 2 aromatic carbocycles. The monoisotopic (exact) mass is 418 g/mol. The van der Waals surface area contributed by atoms with Crippen LogP contribution < -0.4 is 20.3 Å². The molecule has 0 saturated carbocycles. The highest BCUT2D eigenvalue weighted by Crippen LogP contribution is 2.27. The van der Waals surface area contributed by atoms with Crippen molar-refractivity contribution in [1.29, 1.82) is 0 Å². The fourth-order valence-corrected chi connectivity index (χ4v) is 2.86. The second-order valence-electron chi connectivity index (χ2n) is 6.37. The summed E-state index contributed by atoms with van der Waals surface area (Å²) in [5.41, 5.74) is 14.7. The number of halogens is 3. The molecule has 0 spiro atoms. The summed E-state index contributed by atoms with van der Waals surface area (Å²) in [5.74, 6) is -0.802. The van der Waals surface area contributed by atoms with Crippen LogP contribution in [0.5, 0.6) is 5.75 Å². The zero-order chi connectivity index (χ0) is 21.7. The van der Waals surface area contributed by atoms with Gasteiger partial charge in [-0.2, -0.15) is 0 Å². The Kier molecular flexibility index (Phi) is 6.14. The van der Waals surface area contributed by atoms with E-state index in [0.29, 0.717) is 12.1 Å². The number of hydrogen-bond donors (Lipinski definition) is 1. The van der Waals surface area contributed by atoms with E-state index in [4.69, 9.17) is 5.53 Å². The molecule has 0 radical (unpaired) electrons. The standard InChI is InChI=1S/C19H17F3N6O2/c1-13-12-16(4-2-14(13)3-9-18(29)24-25-23)28-11-10-27(26-28)15-5-7-17(8-6-15)30-19(20,21)22/h2,4-8,10-12,26H,3,9H2,1H3. The zero-order valence-corrected chi connectivity index (χ0v) is 15.8. The first kappa shape index (κ1) is 21.0. The number of alkyl halides is 3. The van der Waals surface area contributed by atoms with Crippen LogP contribution in [-0.4, -0.2) is 12.3 Å². The van der Waals surface area contributed by atoms with E-state index in [1.165, 1.54) is 24.3 Å². The summed E-state index contributed by atoms with van der Waals surface area (Å²) >= 11 is 0. The van der Waals surface area contributed by atoms with E-state index in [1.807, 2.05) is 25.1 Å². The van der Waals surface area contributed by atoms with Gasteiger partial charge in [0.15, 0.2) is 0 Å². The van der Waals surface area contributed by atoms with Crippen LogP contribution in [0.2, 0.25) is 0 Å². The number of hydrazine groups is 2. The lowest BCUT2D eigenvalue weighted by atomic mass is 10.0. The Morgan fingerprint density at radius 3 is 2.37 bits per heavy atom. The van der Waals surface area contributed by atoms with Crippen molar-refractivity contribution in [3.05, 3.63) is 76.4 Å². The number of azide groups is 1. The molecule has 8 nitrogen and oxygen atoms in total. The van der Waals surface area contributed by atoms with Crippen LogP contribution in [0.1, 0.15) is 17.5 Å². The van der Waals surface area contributed by atoms with Crippen molar-refractivity contribution in [3.63, 3.8) is 0 Å². The van der Waals surface area contributed by atoms with Gasteiger partial charge in [0.05, 0.1) is 11.4 Å². The lowest BCUT2D eigenvalue weighted by Gasteiger charge is -2.23. The Labute approximate surface area is 169 Å². The lowest BCUT2D eigenvalue weighted by molar-refractivity contribution is -0.274. The quantitative estimate of drug-likeness (QED) is 0.410. The van der Waals surface area contributed by atoms with E-state index >= 15 is 0 Å². The van der Waals surface area contributed by atoms with Crippen molar-refractivity contribution >= 4 is 17.3 Å². The average molecular weight is 418 g/mol. The van der Waals surface area contributed by atoms with Crippen LogP contribution in [0.3, 0.4) is 0 Å². The number of carbonyl (C=O) groups excluding carboxylic acids is 1. The van der Waals surface area contributed by atoms with Crippen molar-refractivity contribution < 1.29 is 22.7 Å². The minimum absolute atomic E-state index is 0.133. The molecule has 156 valence electrons. The van der Waals surface area contributed by atoms with Gasteiger partial charge in [-0.05, 0) is 71.5 Å². The minimum atomic E-state index is -4.73. The normalized spacial score (nSPS) is 13.3. The number of aryl methyl sites for hydroxylation is 2. The topological polar surface area (TPSA) is 93.6 Å². The van der Waals surface area contributed by atoms with Crippen LogP contribution >= 0.6 is 0 Å². The van der Waals surface area contributed by atoms with Gasteiger partial charge in [-0.1, -0.05) is 6.07 Å². The van der Waals surface area contributed by atoms with Gasteiger partial charge in [-0.15, -0.1) is 18.7 Å². The highest BCUT2D eigenvalue weighted by atomic mass is 19.4. The highest BCUT2D eigenvalue weighted by molar-refractivity contribution is 5.77. The SMILES string of the molecule is Cc1cc(N2C=CN(c3ccc(OC(F)(F)F)cc3)N2)ccc1CCC(=O)N=[N+]=[N-]. The third kappa shape index (κ3) is 5.43. The van der Waals surface area contributed by atoms with Gasteiger partial charge in [0.25, 0.3) is 0 Å². The van der Waals surface area contributed by atoms with Crippen LogP contribution in [0.15, 0.2) is 60.0 Å². The van der Waals surface area contributed by atoms with Crippen LogP contribution in [0.25, 0.3) is 10.4 Å². The van der Waals surface area contributed by atoms with E-state index in [0.717, 1.165) is 16.8 Å². The number of anilines is 2. The third-order valence-electron chi connectivity index (χ3n) is 4.30. The van der Waals surface area contributed by atoms with Crippen LogP contribution in [-0.2, 0) is 11.2 Å². The summed E-state index contributed by atoms with van der Waals surface area (Å²) in [7, 11) is 0. The number of ether oxygens (including phenoxy) is 1. The van der Waals surface area contributed by atoms with Crippen LogP contribution in [0.4, 0.5) is 24.5 Å². The fourth-order valence-electron chi connectivity index (χ4n) is 2.86. The minimum Gasteiger partial charge on any atom is -0.406 e. The van der Waals surface area contributed by atoms with Crippen molar-refractivity contribution in [3.8, 4) is 5.75 Å². The van der Waals surface area contributed by atoms with Gasteiger partial charge in [0.2, 0.25) is 5.91 Å². The Balaban J connectivity index is 1.62. The summed E-state index contributed by atoms with van der Waals surface area (Å²) in [6.07, 6.45) is -0.648. The van der Waals surface area contributed by atoms with E-state index < -0.39 is 12.3 Å². The second kappa shape index (κ2) is 8.76. The molecule has 3 rings (SSSR count). The molecule has 1 amide bonds. The first-order chi connectivity index (χ1) is 14.2. The number of benzene rings is 2. The highest BCUT2D eigenvalue weighted by Gasteiger charge is 2.31. The summed E-state index contributed by atoms with van der Waals surface area (Å²) in [6.45, 7) is 1.91. The molecule has 30 heavy (non-hydrogen) atoms. The number of hydrogen-bond acceptors (Lipinski definition) is 5. The first-order valence-electron chi connectivity index (χ1n) is 8.81. The van der Waals surface area contributed by atoms with Gasteiger partial charge < -0.3 is 4.74 Å². The molecule has 0 atom stereocenters. The van der Waals surface area contributed by atoms with E-state index in [1.54, 1.807) is 22.4 Å². The number of nitrogens with zero attached hydrogens (tertiary/aromatic N) is 5. The Morgan fingerprint density at radius 1 is 1.13 bits per heavy atom. The largest absolute Gasteiger partial charge is 0.573 e. The Bertz CT molecular complexity index is 1000. The van der Waals surface area contributed by atoms with Gasteiger partial charge in [-0.3, -0.25) is 14.8 Å². The van der Waals surface area contributed by atoms with E-state index in [9.17, 15) is 18.0 Å². The summed E-state index contributed by atoms with van der Waals surface area (Å²) in [4.78, 5) is 13.8. The molecule has 0 unspecified atom stereocenters. The summed E-state index contributed by atoms with van der Waals surface area (Å²) < 4.78 is 40.7. The number of nitrogens with one attached hydrogen (secondary N) is 1. The number of amides is 1. The molecule has 1 aliphatic heterocycles. The third-order valence-corrected chi connectivity index (χ3v) is 4.30. The van der Waals surface area contributed by atoms with Gasteiger partial charge in [0, 0.05) is 23.7 Å². The molecular formula is C19H17F3N6O2. The molecule has 0 fully saturated rings. The number of rotatable bonds is 6. The molecule has 11 heteroatoms. The number of carbonyl (C=O) groups is 1. The van der Waals surface area contributed by atoms with Crippen molar-refractivity contribution in [2.45, 2.75) is 26.1 Å². The smallest absolute Gasteiger partial charge is 0.406 e. The van der Waals surface area contributed by atoms with Gasteiger partial charge >= 0.3 is 6.36 Å². The average Bonchev–Trinajstić information content (AvgIpc) is 3.17. The maximum Gasteiger partial charge on any atom is 0.573 e. The molecule has 1 N–H and O–H groups in total. The Hall–Kier alpha value is -3.69. The molecule has 0 aliphatic carbocycles. The first-order valence-corrected chi connectivity index (χ1v) is 8.81. The fraction of sp³-hybridized carbons (Fsp3) is 0.211.